The lowest BCUT2D eigenvalue weighted by atomic mass is 9.75. The second-order valence-electron chi connectivity index (χ2n) is 8.10. The van der Waals surface area contributed by atoms with Crippen LogP contribution in [0.2, 0.25) is 0 Å². The maximum atomic E-state index is 12.4. The van der Waals surface area contributed by atoms with E-state index in [2.05, 4.69) is 18.8 Å². The van der Waals surface area contributed by atoms with Gasteiger partial charge >= 0.3 is 5.97 Å². The van der Waals surface area contributed by atoms with Crippen molar-refractivity contribution in [1.82, 2.24) is 4.90 Å². The van der Waals surface area contributed by atoms with Gasteiger partial charge in [-0.2, -0.15) is 0 Å². The maximum absolute atomic E-state index is 12.4. The number of ether oxygens (including phenoxy) is 1. The lowest BCUT2D eigenvalue weighted by molar-refractivity contribution is -0.146. The Morgan fingerprint density at radius 3 is 2.81 bits per heavy atom. The molecule has 2 unspecified atom stereocenters. The molecule has 0 bridgehead atoms. The molecule has 146 valence electrons. The van der Waals surface area contributed by atoms with Crippen LogP contribution in [0.5, 0.6) is 0 Å². The van der Waals surface area contributed by atoms with E-state index in [1.165, 1.54) is 0 Å². The van der Waals surface area contributed by atoms with E-state index in [1.807, 2.05) is 36.2 Å². The molecule has 1 N–H and O–H groups in total. The molecule has 1 aliphatic carbocycles. The largest absolute Gasteiger partial charge is 0.465 e. The molecule has 1 saturated heterocycles. The molecule has 0 aromatic heterocycles. The topological polar surface area (TPSA) is 58.6 Å². The molecule has 1 heterocycles. The molecule has 1 aromatic rings. The monoisotopic (exact) mass is 370 g/mol. The van der Waals surface area contributed by atoms with Crippen molar-refractivity contribution in [2.24, 2.45) is 11.3 Å². The molecule has 5 nitrogen and oxygen atoms in total. The van der Waals surface area contributed by atoms with Gasteiger partial charge in [0.25, 0.3) is 0 Å². The summed E-state index contributed by atoms with van der Waals surface area (Å²) in [7, 11) is 1.96. The van der Waals surface area contributed by atoms with E-state index in [9.17, 15) is 9.59 Å². The number of esters is 1. The van der Waals surface area contributed by atoms with E-state index in [4.69, 9.17) is 4.74 Å². The summed E-state index contributed by atoms with van der Waals surface area (Å²) in [6.45, 7) is 8.06. The summed E-state index contributed by atoms with van der Waals surface area (Å²) in [5.74, 6) is 0.153. The maximum Gasteiger partial charge on any atom is 0.313 e. The molecule has 1 amide bonds. The van der Waals surface area contributed by atoms with Crippen LogP contribution in [0.25, 0.3) is 0 Å². The smallest absolute Gasteiger partial charge is 0.313 e. The van der Waals surface area contributed by atoms with E-state index < -0.39 is 5.41 Å². The number of hydrogen-bond acceptors (Lipinski definition) is 4. The van der Waals surface area contributed by atoms with Gasteiger partial charge in [0.05, 0.1) is 18.6 Å². The third kappa shape index (κ3) is 4.41. The van der Waals surface area contributed by atoms with Crippen LogP contribution in [0.15, 0.2) is 36.4 Å². The number of hydrogen-bond donors (Lipinski definition) is 1. The number of nitrogens with zero attached hydrogens (tertiary/aromatic N) is 1. The molecule has 0 radical (unpaired) electrons. The van der Waals surface area contributed by atoms with Crippen molar-refractivity contribution in [2.45, 2.75) is 39.0 Å². The zero-order valence-electron chi connectivity index (χ0n) is 16.4. The summed E-state index contributed by atoms with van der Waals surface area (Å²) in [4.78, 5) is 26.6. The summed E-state index contributed by atoms with van der Waals surface area (Å²) in [5.41, 5.74) is 2.58. The number of carbonyl (C=O) groups is 2. The van der Waals surface area contributed by atoms with Gasteiger partial charge in [-0.25, -0.2) is 0 Å². The molecule has 0 spiro atoms. The molecule has 2 atom stereocenters. The zero-order valence-corrected chi connectivity index (χ0v) is 16.4. The summed E-state index contributed by atoms with van der Waals surface area (Å²) in [6, 6.07) is 7.81. The van der Waals surface area contributed by atoms with Gasteiger partial charge < -0.3 is 10.1 Å². The summed E-state index contributed by atoms with van der Waals surface area (Å²) in [6.07, 6.45) is 4.49. The van der Waals surface area contributed by atoms with Crippen LogP contribution >= 0.6 is 0 Å². The fourth-order valence-electron chi connectivity index (χ4n) is 4.29. The molecule has 1 aliphatic heterocycles. The number of unbranched alkanes of at least 4 members (excludes halogenated alkanes) is 1. The molecule has 27 heavy (non-hydrogen) atoms. The number of rotatable bonds is 8. The summed E-state index contributed by atoms with van der Waals surface area (Å²) in [5, 5.41) is 2.94. The van der Waals surface area contributed by atoms with Crippen molar-refractivity contribution in [3.63, 3.8) is 0 Å². The number of allylic oxidation sites excluding steroid dienone is 1. The van der Waals surface area contributed by atoms with Gasteiger partial charge in [0, 0.05) is 11.6 Å². The predicted octanol–water partition coefficient (Wildman–Crippen LogP) is 3.41. The van der Waals surface area contributed by atoms with Crippen molar-refractivity contribution in [2.75, 3.05) is 32.1 Å². The van der Waals surface area contributed by atoms with Crippen LogP contribution in [0.1, 0.15) is 38.2 Å². The third-order valence-corrected chi connectivity index (χ3v) is 5.77. The van der Waals surface area contributed by atoms with Crippen molar-refractivity contribution < 1.29 is 14.3 Å². The quantitative estimate of drug-likeness (QED) is 0.563. The number of anilines is 1. The van der Waals surface area contributed by atoms with Crippen LogP contribution in [0.4, 0.5) is 5.69 Å². The highest BCUT2D eigenvalue weighted by Crippen LogP contribution is 2.52. The third-order valence-electron chi connectivity index (χ3n) is 5.77. The lowest BCUT2D eigenvalue weighted by Gasteiger charge is -2.24. The Morgan fingerprint density at radius 2 is 2.11 bits per heavy atom. The van der Waals surface area contributed by atoms with Gasteiger partial charge in [-0.1, -0.05) is 37.6 Å². The SMILES string of the molecule is C=C1CC2COC(=O)C2(Cc2ccc(NC(=O)CN(C)CCCC)cc2)C1. The minimum Gasteiger partial charge on any atom is -0.465 e. The average Bonchev–Trinajstić information content (AvgIpc) is 3.09. The first kappa shape index (κ1) is 19.6. The predicted molar refractivity (Wildman–Crippen MR) is 106 cm³/mol. The van der Waals surface area contributed by atoms with Gasteiger partial charge in [0.1, 0.15) is 0 Å². The standard InChI is InChI=1S/C22H30N2O3/c1-4-5-10-24(3)14-20(25)23-19-8-6-17(7-9-19)13-22-12-16(2)11-18(22)15-27-21(22)26/h6-9,18H,2,4-5,10-15H2,1,3H3,(H,23,25). The minimum atomic E-state index is -0.441. The molecule has 2 fully saturated rings. The van der Waals surface area contributed by atoms with E-state index >= 15 is 0 Å². The molecule has 1 saturated carbocycles. The van der Waals surface area contributed by atoms with Gasteiger partial charge in [0.2, 0.25) is 5.91 Å². The first-order valence-corrected chi connectivity index (χ1v) is 9.84. The normalized spacial score (nSPS) is 24.2. The number of amides is 1. The minimum absolute atomic E-state index is 0.00789. The van der Waals surface area contributed by atoms with Crippen molar-refractivity contribution in [1.29, 1.82) is 0 Å². The fourth-order valence-corrected chi connectivity index (χ4v) is 4.29. The van der Waals surface area contributed by atoms with E-state index in [-0.39, 0.29) is 17.8 Å². The van der Waals surface area contributed by atoms with Crippen molar-refractivity contribution in [3.05, 3.63) is 42.0 Å². The van der Waals surface area contributed by atoms with Crippen LogP contribution in [-0.2, 0) is 20.7 Å². The molecular weight excluding hydrogens is 340 g/mol. The second-order valence-corrected chi connectivity index (χ2v) is 8.10. The summed E-state index contributed by atoms with van der Waals surface area (Å²) < 4.78 is 5.34. The number of cyclic esters (lactones) is 1. The Morgan fingerprint density at radius 1 is 1.37 bits per heavy atom. The van der Waals surface area contributed by atoms with E-state index in [0.717, 1.165) is 49.1 Å². The highest BCUT2D eigenvalue weighted by Gasteiger charge is 2.55. The fraction of sp³-hybridized carbons (Fsp3) is 0.545. The Hall–Kier alpha value is -2.14. The number of carbonyl (C=O) groups excluding carboxylic acids is 2. The van der Waals surface area contributed by atoms with Crippen LogP contribution in [0.3, 0.4) is 0 Å². The highest BCUT2D eigenvalue weighted by atomic mass is 16.5. The Balaban J connectivity index is 1.58. The molecular formula is C22H30N2O3. The molecule has 1 aromatic carbocycles. The average molecular weight is 370 g/mol. The molecule has 5 heteroatoms. The second kappa shape index (κ2) is 8.26. The molecule has 3 rings (SSSR count). The summed E-state index contributed by atoms with van der Waals surface area (Å²) >= 11 is 0. The number of likely N-dealkylation sites (N-methyl/N-ethyl adjacent to an activating group) is 1. The molecule has 2 aliphatic rings. The van der Waals surface area contributed by atoms with Crippen molar-refractivity contribution in [3.8, 4) is 0 Å². The Bertz CT molecular complexity index is 713. The highest BCUT2D eigenvalue weighted by molar-refractivity contribution is 5.92. The number of benzene rings is 1. The van der Waals surface area contributed by atoms with Gasteiger partial charge in [-0.15, -0.1) is 0 Å². The number of nitrogens with one attached hydrogen (secondary N) is 1. The van der Waals surface area contributed by atoms with Gasteiger partial charge in [-0.3, -0.25) is 14.5 Å². The van der Waals surface area contributed by atoms with Gasteiger partial charge in [-0.05, 0) is 57.0 Å². The zero-order chi connectivity index (χ0) is 19.4. The van der Waals surface area contributed by atoms with E-state index in [1.54, 1.807) is 0 Å². The van der Waals surface area contributed by atoms with Crippen LogP contribution < -0.4 is 5.32 Å². The van der Waals surface area contributed by atoms with Crippen LogP contribution in [-0.4, -0.2) is 43.5 Å². The Labute approximate surface area is 161 Å². The van der Waals surface area contributed by atoms with Crippen LogP contribution in [0, 0.1) is 11.3 Å². The van der Waals surface area contributed by atoms with Crippen molar-refractivity contribution >= 4 is 17.6 Å². The van der Waals surface area contributed by atoms with Gasteiger partial charge in [0.15, 0.2) is 0 Å². The first-order chi connectivity index (χ1) is 12.9. The Kier molecular flexibility index (Phi) is 6.00. The lowest BCUT2D eigenvalue weighted by Crippen LogP contribution is -2.31. The van der Waals surface area contributed by atoms with E-state index in [0.29, 0.717) is 19.6 Å². The number of fused-ring (bicyclic) bond motifs is 1. The first-order valence-electron chi connectivity index (χ1n) is 9.84.